The number of hydroxylamine groups is 1. The van der Waals surface area contributed by atoms with Gasteiger partial charge in [-0.05, 0) is 36.5 Å². The quantitative estimate of drug-likeness (QED) is 0.798. The van der Waals surface area contributed by atoms with Gasteiger partial charge in [-0.3, -0.25) is 0 Å². The number of hydrogen-bond acceptors (Lipinski definition) is 2. The maximum absolute atomic E-state index is 4.84. The first kappa shape index (κ1) is 13.8. The molecule has 0 fully saturated rings. The van der Waals surface area contributed by atoms with Crippen molar-refractivity contribution < 1.29 is 4.84 Å². The Balaban J connectivity index is 1.87. The van der Waals surface area contributed by atoms with Gasteiger partial charge in [0.25, 0.3) is 0 Å². The Hall–Kier alpha value is -1.64. The van der Waals surface area contributed by atoms with Gasteiger partial charge in [0, 0.05) is 6.54 Å². The van der Waals surface area contributed by atoms with Crippen LogP contribution in [0.1, 0.15) is 22.3 Å². The second-order valence-electron chi connectivity index (χ2n) is 4.83. The first-order valence-electron chi connectivity index (χ1n) is 6.67. The normalized spacial score (nSPS) is 10.6. The lowest BCUT2D eigenvalue weighted by atomic mass is 10.0. The van der Waals surface area contributed by atoms with Crippen molar-refractivity contribution in [3.8, 4) is 0 Å². The first-order chi connectivity index (χ1) is 9.28. The van der Waals surface area contributed by atoms with Crippen molar-refractivity contribution in [1.29, 1.82) is 0 Å². The SMILES string of the molecule is CONCc1ccc(CCc2ccc(C)cc2)cc1. The molecule has 100 valence electrons. The molecule has 0 saturated heterocycles. The molecule has 0 saturated carbocycles. The zero-order chi connectivity index (χ0) is 13.5. The van der Waals surface area contributed by atoms with E-state index in [0.29, 0.717) is 0 Å². The van der Waals surface area contributed by atoms with Gasteiger partial charge < -0.3 is 4.84 Å². The van der Waals surface area contributed by atoms with E-state index >= 15 is 0 Å². The van der Waals surface area contributed by atoms with E-state index in [4.69, 9.17) is 4.84 Å². The molecule has 0 spiro atoms. The highest BCUT2D eigenvalue weighted by atomic mass is 16.6. The Morgan fingerprint density at radius 1 is 0.789 bits per heavy atom. The summed E-state index contributed by atoms with van der Waals surface area (Å²) < 4.78 is 0. The standard InChI is InChI=1S/C17H21NO/c1-14-3-5-15(6-4-14)7-8-16-9-11-17(12-10-16)13-18-19-2/h3-6,9-12,18H,7-8,13H2,1-2H3. The predicted octanol–water partition coefficient (Wildman–Crippen LogP) is 3.43. The van der Waals surface area contributed by atoms with E-state index in [0.717, 1.165) is 19.4 Å². The van der Waals surface area contributed by atoms with Gasteiger partial charge in [-0.25, -0.2) is 0 Å². The van der Waals surface area contributed by atoms with Crippen LogP contribution in [-0.4, -0.2) is 7.11 Å². The van der Waals surface area contributed by atoms with Gasteiger partial charge in [0.05, 0.1) is 7.11 Å². The molecular formula is C17H21NO. The van der Waals surface area contributed by atoms with E-state index in [1.807, 2.05) is 0 Å². The molecular weight excluding hydrogens is 234 g/mol. The predicted molar refractivity (Wildman–Crippen MR) is 78.9 cm³/mol. The van der Waals surface area contributed by atoms with Crippen LogP contribution in [0.4, 0.5) is 0 Å². The minimum absolute atomic E-state index is 0.745. The maximum Gasteiger partial charge on any atom is 0.0572 e. The number of rotatable bonds is 6. The highest BCUT2D eigenvalue weighted by Gasteiger charge is 1.97. The Morgan fingerprint density at radius 2 is 1.26 bits per heavy atom. The maximum atomic E-state index is 4.84. The molecule has 0 aliphatic rings. The van der Waals surface area contributed by atoms with Crippen molar-refractivity contribution in [2.24, 2.45) is 0 Å². The smallest absolute Gasteiger partial charge is 0.0572 e. The van der Waals surface area contributed by atoms with Crippen molar-refractivity contribution in [2.75, 3.05) is 7.11 Å². The fourth-order valence-corrected chi connectivity index (χ4v) is 2.02. The van der Waals surface area contributed by atoms with Crippen LogP contribution < -0.4 is 5.48 Å². The van der Waals surface area contributed by atoms with E-state index in [2.05, 4.69) is 60.9 Å². The summed E-state index contributed by atoms with van der Waals surface area (Å²) in [5.74, 6) is 0. The third-order valence-corrected chi connectivity index (χ3v) is 3.27. The highest BCUT2D eigenvalue weighted by Crippen LogP contribution is 2.10. The summed E-state index contributed by atoms with van der Waals surface area (Å²) in [5, 5.41) is 0. The minimum atomic E-state index is 0.745. The van der Waals surface area contributed by atoms with Crippen molar-refractivity contribution in [3.63, 3.8) is 0 Å². The summed E-state index contributed by atoms with van der Waals surface area (Å²) in [5.41, 5.74) is 8.18. The molecule has 2 nitrogen and oxygen atoms in total. The van der Waals surface area contributed by atoms with Crippen LogP contribution in [0, 0.1) is 6.92 Å². The first-order valence-corrected chi connectivity index (χ1v) is 6.67. The fourth-order valence-electron chi connectivity index (χ4n) is 2.02. The zero-order valence-electron chi connectivity index (χ0n) is 11.6. The molecule has 0 unspecified atom stereocenters. The van der Waals surface area contributed by atoms with Crippen LogP contribution >= 0.6 is 0 Å². The van der Waals surface area contributed by atoms with Crippen LogP contribution in [0.25, 0.3) is 0 Å². The van der Waals surface area contributed by atoms with Crippen LogP contribution in [0.2, 0.25) is 0 Å². The van der Waals surface area contributed by atoms with E-state index in [9.17, 15) is 0 Å². The largest absolute Gasteiger partial charge is 0.305 e. The summed E-state index contributed by atoms with van der Waals surface area (Å²) in [4.78, 5) is 4.84. The molecule has 0 bridgehead atoms. The zero-order valence-corrected chi connectivity index (χ0v) is 11.6. The molecule has 19 heavy (non-hydrogen) atoms. The second kappa shape index (κ2) is 7.07. The molecule has 0 atom stereocenters. The molecule has 0 heterocycles. The molecule has 2 rings (SSSR count). The monoisotopic (exact) mass is 255 g/mol. The molecule has 2 aromatic rings. The summed E-state index contributed by atoms with van der Waals surface area (Å²) >= 11 is 0. The van der Waals surface area contributed by atoms with Crippen LogP contribution in [0.3, 0.4) is 0 Å². The Morgan fingerprint density at radius 3 is 1.79 bits per heavy atom. The third-order valence-electron chi connectivity index (χ3n) is 3.27. The average Bonchev–Trinajstić information content (AvgIpc) is 2.46. The molecule has 0 aromatic heterocycles. The number of benzene rings is 2. The number of hydrogen-bond donors (Lipinski definition) is 1. The highest BCUT2D eigenvalue weighted by molar-refractivity contribution is 5.25. The molecule has 2 aromatic carbocycles. The van der Waals surface area contributed by atoms with Crippen molar-refractivity contribution >= 4 is 0 Å². The van der Waals surface area contributed by atoms with Gasteiger partial charge in [-0.15, -0.1) is 0 Å². The summed E-state index contributed by atoms with van der Waals surface area (Å²) in [6.07, 6.45) is 2.18. The van der Waals surface area contributed by atoms with Gasteiger partial charge in [-0.1, -0.05) is 54.1 Å². The Kier molecular flexibility index (Phi) is 5.13. The lowest BCUT2D eigenvalue weighted by molar-refractivity contribution is 0.0867. The second-order valence-corrected chi connectivity index (χ2v) is 4.83. The lowest BCUT2D eigenvalue weighted by Crippen LogP contribution is -2.10. The van der Waals surface area contributed by atoms with E-state index in [-0.39, 0.29) is 0 Å². The van der Waals surface area contributed by atoms with Gasteiger partial charge in [0.15, 0.2) is 0 Å². The van der Waals surface area contributed by atoms with Gasteiger partial charge in [-0.2, -0.15) is 5.48 Å². The van der Waals surface area contributed by atoms with Crippen molar-refractivity contribution in [1.82, 2.24) is 5.48 Å². The van der Waals surface area contributed by atoms with Crippen LogP contribution in [0.5, 0.6) is 0 Å². The summed E-state index contributed by atoms with van der Waals surface area (Å²) in [7, 11) is 1.63. The number of nitrogens with one attached hydrogen (secondary N) is 1. The Bertz CT molecular complexity index is 488. The Labute approximate surface area is 115 Å². The molecule has 0 radical (unpaired) electrons. The minimum Gasteiger partial charge on any atom is -0.305 e. The molecule has 0 aliphatic carbocycles. The van der Waals surface area contributed by atoms with E-state index < -0.39 is 0 Å². The average molecular weight is 255 g/mol. The fraction of sp³-hybridized carbons (Fsp3) is 0.294. The van der Waals surface area contributed by atoms with Gasteiger partial charge in [0.1, 0.15) is 0 Å². The third kappa shape index (κ3) is 4.51. The van der Waals surface area contributed by atoms with Gasteiger partial charge in [0.2, 0.25) is 0 Å². The lowest BCUT2D eigenvalue weighted by Gasteiger charge is -2.05. The van der Waals surface area contributed by atoms with E-state index in [1.54, 1.807) is 7.11 Å². The molecule has 0 amide bonds. The van der Waals surface area contributed by atoms with Crippen molar-refractivity contribution in [3.05, 3.63) is 70.8 Å². The van der Waals surface area contributed by atoms with Crippen LogP contribution in [0.15, 0.2) is 48.5 Å². The number of aryl methyl sites for hydroxylation is 3. The summed E-state index contributed by atoms with van der Waals surface area (Å²) in [6.45, 7) is 2.87. The van der Waals surface area contributed by atoms with Gasteiger partial charge >= 0.3 is 0 Å². The summed E-state index contributed by atoms with van der Waals surface area (Å²) in [6, 6.07) is 17.5. The van der Waals surface area contributed by atoms with Crippen molar-refractivity contribution in [2.45, 2.75) is 26.3 Å². The van der Waals surface area contributed by atoms with Crippen LogP contribution in [-0.2, 0) is 24.2 Å². The molecule has 1 N–H and O–H groups in total. The molecule has 0 aliphatic heterocycles. The van der Waals surface area contributed by atoms with E-state index in [1.165, 1.54) is 22.3 Å². The topological polar surface area (TPSA) is 21.3 Å². The molecule has 2 heteroatoms.